The molecular formula is C30H25N7O2. The maximum absolute atomic E-state index is 6.03. The zero-order chi connectivity index (χ0) is 26.3. The molecule has 1 N–H and O–H groups in total. The molecular weight excluding hydrogens is 490 g/mol. The van der Waals surface area contributed by atoms with E-state index in [-0.39, 0.29) is 6.04 Å². The third-order valence-electron chi connectivity index (χ3n) is 6.75. The van der Waals surface area contributed by atoms with Crippen molar-refractivity contribution in [2.75, 3.05) is 16.8 Å². The van der Waals surface area contributed by atoms with E-state index in [1.807, 2.05) is 86.6 Å². The Balaban J connectivity index is 1.43. The lowest BCUT2D eigenvalue weighted by Crippen LogP contribution is -2.46. The Bertz CT molecular complexity index is 1700. The molecule has 0 bridgehead atoms. The predicted molar refractivity (Wildman–Crippen MR) is 151 cm³/mol. The van der Waals surface area contributed by atoms with Crippen LogP contribution in [0.1, 0.15) is 30.0 Å². The van der Waals surface area contributed by atoms with Gasteiger partial charge in [0.05, 0.1) is 35.5 Å². The van der Waals surface area contributed by atoms with Gasteiger partial charge in [-0.15, -0.1) is 0 Å². The van der Waals surface area contributed by atoms with Crippen LogP contribution < -0.4 is 15.0 Å². The van der Waals surface area contributed by atoms with Gasteiger partial charge in [0.1, 0.15) is 17.6 Å². The zero-order valence-electron chi connectivity index (χ0n) is 21.4. The fourth-order valence-electron chi connectivity index (χ4n) is 5.09. The number of amidine groups is 2. The summed E-state index contributed by atoms with van der Waals surface area (Å²) in [6, 6.07) is 25.2. The van der Waals surface area contributed by atoms with Crippen LogP contribution in [-0.2, 0) is 0 Å². The highest BCUT2D eigenvalue weighted by Crippen LogP contribution is 2.48. The minimum absolute atomic E-state index is 0.311. The summed E-state index contributed by atoms with van der Waals surface area (Å²) in [6.45, 7) is 4.58. The third-order valence-corrected chi connectivity index (χ3v) is 6.75. The van der Waals surface area contributed by atoms with Crippen LogP contribution in [0.5, 0.6) is 5.75 Å². The molecule has 9 nitrogen and oxygen atoms in total. The van der Waals surface area contributed by atoms with E-state index in [9.17, 15) is 0 Å². The SMILES string of the molecule is CCOc1ccc(NC2=Nc3ccccc3N3C2=Nc2c(c(C)nn2-c2ccccn2)[C@H]3c2ccco2)cc1. The summed E-state index contributed by atoms with van der Waals surface area (Å²) >= 11 is 0. The fraction of sp³-hybridized carbons (Fsp3) is 0.133. The van der Waals surface area contributed by atoms with Gasteiger partial charge in [0.25, 0.3) is 0 Å². The number of hydrogen-bond donors (Lipinski definition) is 1. The summed E-state index contributed by atoms with van der Waals surface area (Å²) in [5.41, 5.74) is 4.44. The van der Waals surface area contributed by atoms with Gasteiger partial charge in [-0.3, -0.25) is 0 Å². The summed E-state index contributed by atoms with van der Waals surface area (Å²) in [4.78, 5) is 16.9. The maximum atomic E-state index is 6.03. The van der Waals surface area contributed by atoms with Gasteiger partial charge in [-0.2, -0.15) is 9.78 Å². The molecule has 2 aliphatic heterocycles. The van der Waals surface area contributed by atoms with Crippen molar-refractivity contribution in [2.24, 2.45) is 9.98 Å². The first kappa shape index (κ1) is 23.0. The second-order valence-corrected chi connectivity index (χ2v) is 9.18. The quantitative estimate of drug-likeness (QED) is 0.293. The van der Waals surface area contributed by atoms with Crippen LogP contribution in [0, 0.1) is 6.92 Å². The predicted octanol–water partition coefficient (Wildman–Crippen LogP) is 6.36. The molecule has 9 heteroatoms. The largest absolute Gasteiger partial charge is 0.494 e. The summed E-state index contributed by atoms with van der Waals surface area (Å²) < 4.78 is 13.4. The molecule has 0 fully saturated rings. The van der Waals surface area contributed by atoms with E-state index in [4.69, 9.17) is 24.2 Å². The Hall–Kier alpha value is -5.18. The van der Waals surface area contributed by atoms with Gasteiger partial charge >= 0.3 is 0 Å². The van der Waals surface area contributed by atoms with Crippen molar-refractivity contribution < 1.29 is 9.15 Å². The highest BCUT2D eigenvalue weighted by molar-refractivity contribution is 6.51. The highest BCUT2D eigenvalue weighted by Gasteiger charge is 2.42. The van der Waals surface area contributed by atoms with Gasteiger partial charge in [0, 0.05) is 11.9 Å². The number of benzene rings is 2. The number of hydrogen-bond acceptors (Lipinski definition) is 8. The molecule has 1 atom stereocenters. The maximum Gasteiger partial charge on any atom is 0.179 e. The van der Waals surface area contributed by atoms with Gasteiger partial charge in [-0.1, -0.05) is 18.2 Å². The van der Waals surface area contributed by atoms with E-state index in [1.54, 1.807) is 17.1 Å². The molecule has 0 saturated carbocycles. The normalized spacial score (nSPS) is 15.5. The van der Waals surface area contributed by atoms with Gasteiger partial charge in [0.2, 0.25) is 0 Å². The molecule has 3 aromatic heterocycles. The van der Waals surface area contributed by atoms with E-state index in [2.05, 4.69) is 21.3 Å². The lowest BCUT2D eigenvalue weighted by molar-refractivity contribution is 0.340. The molecule has 5 aromatic rings. The molecule has 0 unspecified atom stereocenters. The lowest BCUT2D eigenvalue weighted by atomic mass is 9.98. The van der Waals surface area contributed by atoms with E-state index in [0.717, 1.165) is 39.8 Å². The molecule has 192 valence electrons. The van der Waals surface area contributed by atoms with E-state index in [0.29, 0.717) is 29.9 Å². The number of pyridine rings is 1. The average molecular weight is 516 g/mol. The first-order valence-electron chi connectivity index (χ1n) is 12.8. The Labute approximate surface area is 225 Å². The fourth-order valence-corrected chi connectivity index (χ4v) is 5.09. The minimum Gasteiger partial charge on any atom is -0.494 e. The lowest BCUT2D eigenvalue weighted by Gasteiger charge is -2.39. The molecule has 39 heavy (non-hydrogen) atoms. The summed E-state index contributed by atoms with van der Waals surface area (Å²) in [6.07, 6.45) is 3.45. The number of nitrogens with one attached hydrogen (secondary N) is 1. The van der Waals surface area contributed by atoms with Gasteiger partial charge in [-0.25, -0.2) is 15.0 Å². The monoisotopic (exact) mass is 515 g/mol. The van der Waals surface area contributed by atoms with E-state index in [1.165, 1.54) is 0 Å². The van der Waals surface area contributed by atoms with Crippen molar-refractivity contribution in [3.05, 3.63) is 108 Å². The van der Waals surface area contributed by atoms with Crippen LogP contribution in [0.2, 0.25) is 0 Å². The summed E-state index contributed by atoms with van der Waals surface area (Å²) in [7, 11) is 0. The molecule has 2 aromatic carbocycles. The first-order chi connectivity index (χ1) is 19.2. The van der Waals surface area contributed by atoms with Crippen LogP contribution in [0.3, 0.4) is 0 Å². The number of aromatic nitrogens is 3. The molecule has 0 aliphatic carbocycles. The topological polar surface area (TPSA) is 93.1 Å². The Morgan fingerprint density at radius 1 is 0.949 bits per heavy atom. The molecule has 0 spiro atoms. The van der Waals surface area contributed by atoms with E-state index < -0.39 is 0 Å². The second-order valence-electron chi connectivity index (χ2n) is 9.18. The summed E-state index contributed by atoms with van der Waals surface area (Å²) in [5, 5.41) is 8.38. The van der Waals surface area contributed by atoms with Crippen LogP contribution in [-0.4, -0.2) is 33.0 Å². The van der Waals surface area contributed by atoms with Crippen LogP contribution >= 0.6 is 0 Å². The first-order valence-corrected chi connectivity index (χ1v) is 12.8. The Morgan fingerprint density at radius 3 is 2.56 bits per heavy atom. The van der Waals surface area contributed by atoms with E-state index >= 15 is 0 Å². The molecule has 0 amide bonds. The Kier molecular flexibility index (Phi) is 5.47. The van der Waals surface area contributed by atoms with Gasteiger partial charge < -0.3 is 19.4 Å². The van der Waals surface area contributed by atoms with Crippen molar-refractivity contribution >= 4 is 34.6 Å². The smallest absolute Gasteiger partial charge is 0.179 e. The number of nitrogens with zero attached hydrogens (tertiary/aromatic N) is 6. The molecule has 0 saturated heterocycles. The van der Waals surface area contributed by atoms with Crippen molar-refractivity contribution in [1.29, 1.82) is 0 Å². The van der Waals surface area contributed by atoms with Crippen LogP contribution in [0.25, 0.3) is 5.82 Å². The van der Waals surface area contributed by atoms with Crippen LogP contribution in [0.15, 0.2) is 106 Å². The summed E-state index contributed by atoms with van der Waals surface area (Å²) in [5.74, 6) is 4.25. The molecule has 2 aliphatic rings. The number of aryl methyl sites for hydroxylation is 1. The molecule has 7 rings (SSSR count). The number of para-hydroxylation sites is 2. The molecule has 0 radical (unpaired) electrons. The number of anilines is 2. The molecule has 5 heterocycles. The Morgan fingerprint density at radius 2 is 1.79 bits per heavy atom. The van der Waals surface area contributed by atoms with Crippen LogP contribution in [0.4, 0.5) is 22.9 Å². The van der Waals surface area contributed by atoms with Crippen molar-refractivity contribution in [3.8, 4) is 11.6 Å². The minimum atomic E-state index is -0.311. The standard InChI is InChI=1S/C30H25N7O2/c1-3-38-21-15-13-20(14-16-21)32-28-30-34-29-26(19(2)35-37(29)25-12-6-7-17-31-25)27(24-11-8-18-39-24)36(30)23-10-5-4-9-22(23)33-28/h4-18,27H,3H2,1-2H3,(H,32,33)/t27-/m1/s1. The number of fused-ring (bicyclic) bond motifs is 4. The number of rotatable bonds is 5. The van der Waals surface area contributed by atoms with Crippen molar-refractivity contribution in [2.45, 2.75) is 19.9 Å². The number of furan rings is 1. The third kappa shape index (κ3) is 3.86. The van der Waals surface area contributed by atoms with Crippen molar-refractivity contribution in [3.63, 3.8) is 0 Å². The number of aliphatic imine (C=N–C) groups is 2. The highest BCUT2D eigenvalue weighted by atomic mass is 16.5. The number of ether oxygens (including phenoxy) is 1. The second kappa shape index (κ2) is 9.29. The van der Waals surface area contributed by atoms with Gasteiger partial charge in [0.15, 0.2) is 23.3 Å². The average Bonchev–Trinajstić information content (AvgIpc) is 3.62. The van der Waals surface area contributed by atoms with Gasteiger partial charge in [-0.05, 0) is 74.5 Å². The zero-order valence-corrected chi connectivity index (χ0v) is 21.4. The van der Waals surface area contributed by atoms with Crippen molar-refractivity contribution in [1.82, 2.24) is 14.8 Å².